The molecule has 0 spiro atoms. The zero-order valence-corrected chi connectivity index (χ0v) is 8.72. The average molecular weight is 164 g/mol. The Kier molecular flexibility index (Phi) is 9.24. The molecule has 0 heteroatoms. The van der Waals surface area contributed by atoms with E-state index in [0.29, 0.717) is 0 Å². The topological polar surface area (TPSA) is 0 Å². The normalized spacial score (nSPS) is 9.92. The molecule has 0 radical (unpaired) electrons. The first-order valence-corrected chi connectivity index (χ1v) is 4.25. The van der Waals surface area contributed by atoms with Gasteiger partial charge in [-0.25, -0.2) is 0 Å². The lowest BCUT2D eigenvalue weighted by atomic mass is 9.90. The summed E-state index contributed by atoms with van der Waals surface area (Å²) in [5.41, 5.74) is 0.270. The van der Waals surface area contributed by atoms with Gasteiger partial charge in [0.15, 0.2) is 0 Å². The summed E-state index contributed by atoms with van der Waals surface area (Å²) in [4.78, 5) is 0. The van der Waals surface area contributed by atoms with Crippen molar-refractivity contribution in [2.75, 3.05) is 0 Å². The number of hydrogen-bond acceptors (Lipinski definition) is 0. The largest absolute Gasteiger partial charge is 0.115 e. The van der Waals surface area contributed by atoms with E-state index in [-0.39, 0.29) is 5.41 Å². The highest BCUT2D eigenvalue weighted by molar-refractivity contribution is 5.11. The van der Waals surface area contributed by atoms with Gasteiger partial charge in [-0.1, -0.05) is 38.8 Å². The van der Waals surface area contributed by atoms with E-state index in [1.165, 1.54) is 0 Å². The highest BCUT2D eigenvalue weighted by atomic mass is 14.1. The summed E-state index contributed by atoms with van der Waals surface area (Å²) in [6.45, 7) is 11.7. The molecule has 68 valence electrons. The fraction of sp³-hybridized carbons (Fsp3) is 0.500. The first-order valence-electron chi connectivity index (χ1n) is 4.25. The fourth-order valence-corrected chi connectivity index (χ4v) is 0.392. The van der Waals surface area contributed by atoms with Crippen LogP contribution in [0.2, 0.25) is 0 Å². The first kappa shape index (κ1) is 13.6. The standard InChI is InChI=1S/C9H14.C3H6/c1-5-7-8-9(3,4)6-2;1-3-2/h1,7-8H,6H2,2-4H3;3H,1H2,2H3/b8-7-;. The smallest absolute Gasteiger partial charge is 0.0156 e. The molecule has 0 bridgehead atoms. The molecule has 0 aromatic carbocycles. The van der Waals surface area contributed by atoms with Crippen molar-refractivity contribution in [2.24, 2.45) is 5.41 Å². The van der Waals surface area contributed by atoms with Gasteiger partial charge in [-0.05, 0) is 24.8 Å². The predicted octanol–water partition coefficient (Wildman–Crippen LogP) is 3.80. The van der Waals surface area contributed by atoms with Gasteiger partial charge in [0.05, 0.1) is 0 Å². The first-order chi connectivity index (χ1) is 5.54. The van der Waals surface area contributed by atoms with Gasteiger partial charge in [0.25, 0.3) is 0 Å². The summed E-state index contributed by atoms with van der Waals surface area (Å²) in [5.74, 6) is 2.48. The van der Waals surface area contributed by atoms with E-state index >= 15 is 0 Å². The van der Waals surface area contributed by atoms with Gasteiger partial charge >= 0.3 is 0 Å². The lowest BCUT2D eigenvalue weighted by Crippen LogP contribution is -2.03. The average Bonchev–Trinajstić information content (AvgIpc) is 2.03. The van der Waals surface area contributed by atoms with Crippen molar-refractivity contribution in [3.8, 4) is 12.3 Å². The van der Waals surface area contributed by atoms with Crippen LogP contribution in [0.1, 0.15) is 34.1 Å². The second kappa shape index (κ2) is 8.14. The van der Waals surface area contributed by atoms with Crippen molar-refractivity contribution >= 4 is 0 Å². The summed E-state index contributed by atoms with van der Waals surface area (Å²) in [7, 11) is 0. The van der Waals surface area contributed by atoms with Crippen LogP contribution in [0.25, 0.3) is 0 Å². The summed E-state index contributed by atoms with van der Waals surface area (Å²) < 4.78 is 0. The molecule has 0 aliphatic heterocycles. The van der Waals surface area contributed by atoms with Gasteiger partial charge in [0, 0.05) is 0 Å². The summed E-state index contributed by atoms with van der Waals surface area (Å²) in [5, 5.41) is 0. The molecule has 0 heterocycles. The Balaban J connectivity index is 0. The van der Waals surface area contributed by atoms with Gasteiger partial charge in [-0.2, -0.15) is 0 Å². The van der Waals surface area contributed by atoms with Crippen LogP contribution in [-0.4, -0.2) is 0 Å². The Morgan fingerprint density at radius 1 is 1.50 bits per heavy atom. The Hall–Kier alpha value is -0.960. The molecule has 0 aliphatic carbocycles. The second-order valence-electron chi connectivity index (χ2n) is 3.25. The Morgan fingerprint density at radius 3 is 2.17 bits per heavy atom. The maximum absolute atomic E-state index is 5.05. The van der Waals surface area contributed by atoms with Crippen molar-refractivity contribution < 1.29 is 0 Å². The number of rotatable bonds is 2. The van der Waals surface area contributed by atoms with Crippen molar-refractivity contribution in [1.82, 2.24) is 0 Å². The third-order valence-corrected chi connectivity index (χ3v) is 1.54. The van der Waals surface area contributed by atoms with Crippen molar-refractivity contribution in [2.45, 2.75) is 34.1 Å². The highest BCUT2D eigenvalue weighted by Gasteiger charge is 2.08. The summed E-state index contributed by atoms with van der Waals surface area (Å²) in [6.07, 6.45) is 11.8. The van der Waals surface area contributed by atoms with E-state index in [4.69, 9.17) is 6.42 Å². The van der Waals surface area contributed by atoms with Crippen LogP contribution >= 0.6 is 0 Å². The molecule has 0 saturated heterocycles. The minimum atomic E-state index is 0.270. The van der Waals surface area contributed by atoms with Gasteiger partial charge in [-0.3, -0.25) is 0 Å². The van der Waals surface area contributed by atoms with Crippen molar-refractivity contribution in [1.29, 1.82) is 0 Å². The molecule has 0 amide bonds. The molecule has 0 aromatic rings. The van der Waals surface area contributed by atoms with Crippen LogP contribution in [0, 0.1) is 17.8 Å². The molecule has 0 saturated carbocycles. The number of allylic oxidation sites excluding steroid dienone is 3. The number of hydrogen-bond donors (Lipinski definition) is 0. The number of terminal acetylenes is 1. The Morgan fingerprint density at radius 2 is 1.92 bits per heavy atom. The van der Waals surface area contributed by atoms with Gasteiger partial charge in [0.2, 0.25) is 0 Å². The Labute approximate surface area is 77.4 Å². The van der Waals surface area contributed by atoms with Crippen LogP contribution < -0.4 is 0 Å². The molecular weight excluding hydrogens is 144 g/mol. The molecule has 0 nitrogen and oxygen atoms in total. The lowest BCUT2D eigenvalue weighted by Gasteiger charge is -2.15. The zero-order valence-electron chi connectivity index (χ0n) is 8.72. The van der Waals surface area contributed by atoms with E-state index in [2.05, 4.69) is 39.3 Å². The molecule has 12 heavy (non-hydrogen) atoms. The molecule has 0 atom stereocenters. The Bertz CT molecular complexity index is 165. The highest BCUT2D eigenvalue weighted by Crippen LogP contribution is 2.20. The monoisotopic (exact) mass is 164 g/mol. The third-order valence-electron chi connectivity index (χ3n) is 1.54. The molecule has 0 fully saturated rings. The fourth-order valence-electron chi connectivity index (χ4n) is 0.392. The van der Waals surface area contributed by atoms with E-state index in [0.717, 1.165) is 6.42 Å². The maximum atomic E-state index is 5.05. The lowest BCUT2D eigenvalue weighted by molar-refractivity contribution is 0.462. The molecule has 0 aliphatic rings. The molecule has 0 rings (SSSR count). The molecule has 0 aromatic heterocycles. The maximum Gasteiger partial charge on any atom is -0.0156 e. The van der Waals surface area contributed by atoms with E-state index in [1.807, 2.05) is 6.92 Å². The SMILES string of the molecule is C#C/C=C\C(C)(C)CC.C=CC. The van der Waals surface area contributed by atoms with E-state index in [1.54, 1.807) is 12.2 Å². The minimum Gasteiger partial charge on any atom is -0.115 e. The summed E-state index contributed by atoms with van der Waals surface area (Å²) in [6, 6.07) is 0. The van der Waals surface area contributed by atoms with E-state index < -0.39 is 0 Å². The van der Waals surface area contributed by atoms with Crippen LogP contribution in [0.4, 0.5) is 0 Å². The molecular formula is C12H20. The van der Waals surface area contributed by atoms with Crippen LogP contribution in [0.15, 0.2) is 24.8 Å². The van der Waals surface area contributed by atoms with E-state index in [9.17, 15) is 0 Å². The quantitative estimate of drug-likeness (QED) is 0.430. The van der Waals surface area contributed by atoms with Gasteiger partial charge in [0.1, 0.15) is 0 Å². The van der Waals surface area contributed by atoms with Crippen LogP contribution in [-0.2, 0) is 0 Å². The van der Waals surface area contributed by atoms with Crippen LogP contribution in [0.5, 0.6) is 0 Å². The predicted molar refractivity (Wildman–Crippen MR) is 57.9 cm³/mol. The van der Waals surface area contributed by atoms with Crippen LogP contribution in [0.3, 0.4) is 0 Å². The molecule has 0 N–H and O–H groups in total. The van der Waals surface area contributed by atoms with Gasteiger partial charge < -0.3 is 0 Å². The van der Waals surface area contributed by atoms with Gasteiger partial charge in [-0.15, -0.1) is 13.0 Å². The minimum absolute atomic E-state index is 0.270. The third kappa shape index (κ3) is 11.8. The van der Waals surface area contributed by atoms with Crippen molar-refractivity contribution in [3.63, 3.8) is 0 Å². The zero-order chi connectivity index (χ0) is 10.0. The second-order valence-corrected chi connectivity index (χ2v) is 3.25. The summed E-state index contributed by atoms with van der Waals surface area (Å²) >= 11 is 0. The molecule has 0 unspecified atom stereocenters. The van der Waals surface area contributed by atoms with Crippen molar-refractivity contribution in [3.05, 3.63) is 24.8 Å².